The second kappa shape index (κ2) is 7.03. The van der Waals surface area contributed by atoms with Crippen molar-refractivity contribution in [2.24, 2.45) is 4.99 Å². The minimum atomic E-state index is 0.448. The first-order chi connectivity index (χ1) is 9.59. The van der Waals surface area contributed by atoms with Crippen molar-refractivity contribution in [2.75, 3.05) is 6.54 Å². The summed E-state index contributed by atoms with van der Waals surface area (Å²) >= 11 is 0. The van der Waals surface area contributed by atoms with Crippen LogP contribution in [-0.4, -0.2) is 18.8 Å². The van der Waals surface area contributed by atoms with E-state index in [0.717, 1.165) is 6.54 Å². The quantitative estimate of drug-likeness (QED) is 0.784. The number of piperidine rings is 1. The van der Waals surface area contributed by atoms with Crippen LogP contribution < -0.4 is 5.32 Å². The van der Waals surface area contributed by atoms with E-state index in [1.165, 1.54) is 36.1 Å². The van der Waals surface area contributed by atoms with Crippen molar-refractivity contribution in [1.29, 1.82) is 0 Å². The molecule has 1 saturated heterocycles. The van der Waals surface area contributed by atoms with Gasteiger partial charge in [0.05, 0.1) is 5.69 Å². The zero-order valence-electron chi connectivity index (χ0n) is 13.3. The molecule has 0 spiro atoms. The van der Waals surface area contributed by atoms with Crippen LogP contribution in [0, 0.1) is 0 Å². The number of rotatable bonds is 4. The number of hydrogen-bond donors (Lipinski definition) is 1. The SMILES string of the molecule is CC(C)c1cccc(C(C)C)c1N=CC1CCCCN1. The van der Waals surface area contributed by atoms with Gasteiger partial charge in [-0.1, -0.05) is 52.3 Å². The fourth-order valence-corrected chi connectivity index (χ4v) is 2.83. The van der Waals surface area contributed by atoms with Crippen molar-refractivity contribution in [3.8, 4) is 0 Å². The van der Waals surface area contributed by atoms with E-state index in [1.54, 1.807) is 0 Å². The van der Waals surface area contributed by atoms with Gasteiger partial charge < -0.3 is 5.32 Å². The Balaban J connectivity index is 2.29. The average Bonchev–Trinajstić information content (AvgIpc) is 2.45. The molecule has 1 N–H and O–H groups in total. The summed E-state index contributed by atoms with van der Waals surface area (Å²) in [5, 5.41) is 3.54. The first-order valence-corrected chi connectivity index (χ1v) is 8.00. The van der Waals surface area contributed by atoms with E-state index in [0.29, 0.717) is 17.9 Å². The van der Waals surface area contributed by atoms with Crippen molar-refractivity contribution in [3.05, 3.63) is 29.3 Å². The van der Waals surface area contributed by atoms with Crippen LogP contribution >= 0.6 is 0 Å². The van der Waals surface area contributed by atoms with Crippen molar-refractivity contribution in [2.45, 2.75) is 64.8 Å². The van der Waals surface area contributed by atoms with E-state index < -0.39 is 0 Å². The van der Waals surface area contributed by atoms with Gasteiger partial charge in [-0.15, -0.1) is 0 Å². The minimum Gasteiger partial charge on any atom is -0.309 e. The average molecular weight is 272 g/mol. The minimum absolute atomic E-state index is 0.448. The van der Waals surface area contributed by atoms with Crippen molar-refractivity contribution >= 4 is 11.9 Å². The number of para-hydroxylation sites is 1. The Kier molecular flexibility index (Phi) is 5.36. The van der Waals surface area contributed by atoms with E-state index in [-0.39, 0.29) is 0 Å². The highest BCUT2D eigenvalue weighted by Crippen LogP contribution is 2.34. The monoisotopic (exact) mass is 272 g/mol. The van der Waals surface area contributed by atoms with E-state index in [1.807, 2.05) is 0 Å². The molecule has 0 bridgehead atoms. The second-order valence-electron chi connectivity index (χ2n) is 6.43. The number of nitrogens with zero attached hydrogens (tertiary/aromatic N) is 1. The van der Waals surface area contributed by atoms with Gasteiger partial charge in [-0.2, -0.15) is 0 Å². The van der Waals surface area contributed by atoms with Crippen molar-refractivity contribution in [3.63, 3.8) is 0 Å². The van der Waals surface area contributed by atoms with Gasteiger partial charge in [0.15, 0.2) is 0 Å². The van der Waals surface area contributed by atoms with E-state index >= 15 is 0 Å². The lowest BCUT2D eigenvalue weighted by molar-refractivity contribution is 0.476. The Morgan fingerprint density at radius 3 is 2.25 bits per heavy atom. The smallest absolute Gasteiger partial charge is 0.0695 e. The molecule has 2 nitrogen and oxygen atoms in total. The van der Waals surface area contributed by atoms with Gasteiger partial charge >= 0.3 is 0 Å². The summed E-state index contributed by atoms with van der Waals surface area (Å²) in [4.78, 5) is 4.88. The Hall–Kier alpha value is -1.15. The molecule has 0 radical (unpaired) electrons. The van der Waals surface area contributed by atoms with Crippen LogP contribution in [0.1, 0.15) is 69.9 Å². The van der Waals surface area contributed by atoms with Crippen molar-refractivity contribution in [1.82, 2.24) is 5.32 Å². The summed E-state index contributed by atoms with van der Waals surface area (Å²) in [6.45, 7) is 10.1. The normalized spacial score (nSPS) is 20.2. The molecule has 1 aromatic carbocycles. The highest BCUT2D eigenvalue weighted by molar-refractivity contribution is 5.72. The summed E-state index contributed by atoms with van der Waals surface area (Å²) in [5.41, 5.74) is 3.93. The summed E-state index contributed by atoms with van der Waals surface area (Å²) in [6.07, 6.45) is 5.95. The largest absolute Gasteiger partial charge is 0.309 e. The molecule has 2 rings (SSSR count). The first kappa shape index (κ1) is 15.2. The Morgan fingerprint density at radius 1 is 1.10 bits per heavy atom. The summed E-state index contributed by atoms with van der Waals surface area (Å²) in [7, 11) is 0. The van der Waals surface area contributed by atoms with Gasteiger partial charge in [-0.3, -0.25) is 4.99 Å². The molecule has 1 fully saturated rings. The molecule has 0 aromatic heterocycles. The molecule has 2 heteroatoms. The maximum absolute atomic E-state index is 4.88. The molecular formula is C18H28N2. The second-order valence-corrected chi connectivity index (χ2v) is 6.43. The maximum atomic E-state index is 4.88. The fourth-order valence-electron chi connectivity index (χ4n) is 2.83. The number of benzene rings is 1. The molecular weight excluding hydrogens is 244 g/mol. The molecule has 0 amide bonds. The highest BCUT2D eigenvalue weighted by atomic mass is 14.9. The van der Waals surface area contributed by atoms with Crippen LogP contribution in [0.3, 0.4) is 0 Å². The Labute approximate surface area is 123 Å². The summed E-state index contributed by atoms with van der Waals surface area (Å²) in [6, 6.07) is 7.06. The van der Waals surface area contributed by atoms with Gasteiger partial charge in [0, 0.05) is 12.3 Å². The van der Waals surface area contributed by atoms with E-state index in [9.17, 15) is 0 Å². The van der Waals surface area contributed by atoms with Gasteiger partial charge in [0.2, 0.25) is 0 Å². The van der Waals surface area contributed by atoms with Crippen LogP contribution in [0.15, 0.2) is 23.2 Å². The Bertz CT molecular complexity index is 428. The molecule has 1 aliphatic rings. The molecule has 0 aliphatic carbocycles. The third-order valence-electron chi connectivity index (χ3n) is 4.07. The molecule has 20 heavy (non-hydrogen) atoms. The molecule has 1 heterocycles. The van der Waals surface area contributed by atoms with Crippen LogP contribution in [0.2, 0.25) is 0 Å². The van der Waals surface area contributed by atoms with E-state index in [4.69, 9.17) is 4.99 Å². The predicted octanol–water partition coefficient (Wildman–Crippen LogP) is 4.78. The topological polar surface area (TPSA) is 24.4 Å². The molecule has 1 aliphatic heterocycles. The standard InChI is InChI=1S/C18H28N2/c1-13(2)16-9-7-10-17(14(3)4)18(16)20-12-15-8-5-6-11-19-15/h7,9-10,12-15,19H,5-6,8,11H2,1-4H3. The molecule has 110 valence electrons. The molecule has 1 atom stereocenters. The zero-order valence-corrected chi connectivity index (χ0v) is 13.3. The van der Waals surface area contributed by atoms with Gasteiger partial charge in [-0.25, -0.2) is 0 Å². The number of hydrogen-bond acceptors (Lipinski definition) is 2. The lowest BCUT2D eigenvalue weighted by Gasteiger charge is -2.21. The summed E-state index contributed by atoms with van der Waals surface area (Å²) < 4.78 is 0. The highest BCUT2D eigenvalue weighted by Gasteiger charge is 2.14. The van der Waals surface area contributed by atoms with Crippen LogP contribution in [0.25, 0.3) is 0 Å². The van der Waals surface area contributed by atoms with Gasteiger partial charge in [0.1, 0.15) is 0 Å². The Morgan fingerprint density at radius 2 is 1.75 bits per heavy atom. The molecule has 1 aromatic rings. The lowest BCUT2D eigenvalue weighted by Crippen LogP contribution is -2.34. The van der Waals surface area contributed by atoms with Crippen LogP contribution in [0.4, 0.5) is 5.69 Å². The van der Waals surface area contributed by atoms with Crippen LogP contribution in [-0.2, 0) is 0 Å². The van der Waals surface area contributed by atoms with Crippen LogP contribution in [0.5, 0.6) is 0 Å². The first-order valence-electron chi connectivity index (χ1n) is 8.00. The summed E-state index contributed by atoms with van der Waals surface area (Å²) in [5.74, 6) is 1.03. The number of aliphatic imine (C=N–C) groups is 1. The third kappa shape index (κ3) is 3.69. The number of nitrogens with one attached hydrogen (secondary N) is 1. The van der Waals surface area contributed by atoms with Gasteiger partial charge in [-0.05, 0) is 42.3 Å². The molecule has 1 unspecified atom stereocenters. The maximum Gasteiger partial charge on any atom is 0.0695 e. The third-order valence-corrected chi connectivity index (χ3v) is 4.07. The van der Waals surface area contributed by atoms with E-state index in [2.05, 4.69) is 57.4 Å². The lowest BCUT2D eigenvalue weighted by atomic mass is 9.93. The fraction of sp³-hybridized carbons (Fsp3) is 0.611. The zero-order chi connectivity index (χ0) is 14.5. The van der Waals surface area contributed by atoms with Gasteiger partial charge in [0.25, 0.3) is 0 Å². The predicted molar refractivity (Wildman–Crippen MR) is 88.4 cm³/mol. The van der Waals surface area contributed by atoms with Crippen molar-refractivity contribution < 1.29 is 0 Å². The molecule has 0 saturated carbocycles.